The number of benzene rings is 3. The molecular formula is C20H15N5O2. The molecule has 0 aliphatic carbocycles. The van der Waals surface area contributed by atoms with Gasteiger partial charge >= 0.3 is 0 Å². The average Bonchev–Trinajstić information content (AvgIpc) is 2.71. The third-order valence-corrected chi connectivity index (χ3v) is 3.98. The molecule has 0 heterocycles. The molecule has 0 bridgehead atoms. The van der Waals surface area contributed by atoms with Crippen LogP contribution in [0.15, 0.2) is 89.0 Å². The normalized spacial score (nSPS) is 11.7. The number of aliphatic imine (C=N–C) groups is 1. The van der Waals surface area contributed by atoms with Gasteiger partial charge in [-0.1, -0.05) is 59.7 Å². The van der Waals surface area contributed by atoms with Crippen LogP contribution in [-0.2, 0) is 0 Å². The standard InChI is InChI=1S/C20H15N5O2/c21-24-23-19-9-5-4-8-18(19)20(16-6-2-1-3-7-16)22-14-15-10-12-17(13-11-15)25(26)27/h1-14,20H/t20-/m0/s1. The minimum Gasteiger partial charge on any atom is -0.280 e. The summed E-state index contributed by atoms with van der Waals surface area (Å²) >= 11 is 0. The number of nitrogens with zero attached hydrogens (tertiary/aromatic N) is 5. The molecule has 0 aliphatic heterocycles. The molecule has 3 aromatic carbocycles. The van der Waals surface area contributed by atoms with E-state index in [2.05, 4.69) is 15.0 Å². The van der Waals surface area contributed by atoms with Crippen molar-refractivity contribution in [1.82, 2.24) is 0 Å². The molecule has 0 saturated carbocycles. The van der Waals surface area contributed by atoms with Crippen molar-refractivity contribution in [1.29, 1.82) is 0 Å². The average molecular weight is 357 g/mol. The smallest absolute Gasteiger partial charge is 0.269 e. The molecule has 7 heteroatoms. The van der Waals surface area contributed by atoms with Crippen LogP contribution >= 0.6 is 0 Å². The van der Waals surface area contributed by atoms with E-state index in [-0.39, 0.29) is 11.7 Å². The van der Waals surface area contributed by atoms with E-state index in [4.69, 9.17) is 5.53 Å². The molecule has 0 aliphatic rings. The van der Waals surface area contributed by atoms with Gasteiger partial charge in [0.15, 0.2) is 0 Å². The van der Waals surface area contributed by atoms with Gasteiger partial charge in [0, 0.05) is 28.9 Å². The second kappa shape index (κ2) is 8.42. The van der Waals surface area contributed by atoms with Gasteiger partial charge in [-0.15, -0.1) is 0 Å². The zero-order valence-electron chi connectivity index (χ0n) is 14.2. The van der Waals surface area contributed by atoms with E-state index in [1.54, 1.807) is 30.5 Å². The molecule has 0 radical (unpaired) electrons. The van der Waals surface area contributed by atoms with Gasteiger partial charge in [-0.2, -0.15) is 0 Å². The first kappa shape index (κ1) is 17.8. The second-order valence-electron chi connectivity index (χ2n) is 5.69. The molecule has 1 atom stereocenters. The van der Waals surface area contributed by atoms with Gasteiger partial charge < -0.3 is 0 Å². The fourth-order valence-electron chi connectivity index (χ4n) is 2.68. The van der Waals surface area contributed by atoms with Crippen LogP contribution in [0.3, 0.4) is 0 Å². The van der Waals surface area contributed by atoms with E-state index < -0.39 is 4.92 Å². The minimum absolute atomic E-state index is 0.0282. The number of nitro benzene ring substituents is 1. The Morgan fingerprint density at radius 3 is 2.30 bits per heavy atom. The third kappa shape index (κ3) is 4.36. The SMILES string of the molecule is [N-]=[N+]=Nc1ccccc1[C@@H](N=Cc1ccc([N+](=O)[O-])cc1)c1ccccc1. The number of rotatable bonds is 6. The maximum Gasteiger partial charge on any atom is 0.269 e. The Balaban J connectivity index is 2.01. The Morgan fingerprint density at radius 2 is 1.63 bits per heavy atom. The molecule has 0 fully saturated rings. The largest absolute Gasteiger partial charge is 0.280 e. The van der Waals surface area contributed by atoms with Crippen LogP contribution < -0.4 is 0 Å². The number of hydrogen-bond donors (Lipinski definition) is 0. The molecular weight excluding hydrogens is 342 g/mol. The predicted molar refractivity (Wildman–Crippen MR) is 104 cm³/mol. The Hall–Kier alpha value is -3.96. The van der Waals surface area contributed by atoms with E-state index in [1.807, 2.05) is 42.5 Å². The summed E-state index contributed by atoms with van der Waals surface area (Å²) in [6, 6.07) is 22.7. The maximum atomic E-state index is 10.8. The summed E-state index contributed by atoms with van der Waals surface area (Å²) in [4.78, 5) is 17.9. The van der Waals surface area contributed by atoms with Crippen molar-refractivity contribution >= 4 is 17.6 Å². The molecule has 0 aromatic heterocycles. The quantitative estimate of drug-likeness (QED) is 0.140. The molecule has 0 N–H and O–H groups in total. The topological polar surface area (TPSA) is 104 Å². The highest BCUT2D eigenvalue weighted by Crippen LogP contribution is 2.33. The van der Waals surface area contributed by atoms with Crippen LogP contribution in [0.4, 0.5) is 11.4 Å². The Bertz CT molecular complexity index is 1010. The summed E-state index contributed by atoms with van der Waals surface area (Å²) in [7, 11) is 0. The lowest BCUT2D eigenvalue weighted by molar-refractivity contribution is -0.384. The minimum atomic E-state index is -0.441. The van der Waals surface area contributed by atoms with Gasteiger partial charge in [-0.05, 0) is 34.4 Å². The monoisotopic (exact) mass is 357 g/mol. The van der Waals surface area contributed by atoms with Crippen LogP contribution in [0.25, 0.3) is 10.4 Å². The van der Waals surface area contributed by atoms with Crippen LogP contribution in [0.1, 0.15) is 22.7 Å². The molecule has 132 valence electrons. The molecule has 0 spiro atoms. The van der Waals surface area contributed by atoms with Crippen molar-refractivity contribution in [3.8, 4) is 0 Å². The lowest BCUT2D eigenvalue weighted by Crippen LogP contribution is -1.99. The Labute approximate surface area is 155 Å². The van der Waals surface area contributed by atoms with Crippen LogP contribution in [-0.4, -0.2) is 11.1 Å². The number of hydrogen-bond acceptors (Lipinski definition) is 4. The van der Waals surface area contributed by atoms with Gasteiger partial charge in [0.2, 0.25) is 0 Å². The van der Waals surface area contributed by atoms with Crippen molar-refractivity contribution in [2.24, 2.45) is 10.1 Å². The first-order valence-electron chi connectivity index (χ1n) is 8.15. The maximum absolute atomic E-state index is 10.8. The summed E-state index contributed by atoms with van der Waals surface area (Å²) in [5.74, 6) is 0. The van der Waals surface area contributed by atoms with Crippen molar-refractivity contribution in [3.05, 3.63) is 116 Å². The van der Waals surface area contributed by atoms with Crippen molar-refractivity contribution in [2.45, 2.75) is 6.04 Å². The van der Waals surface area contributed by atoms with Gasteiger partial charge in [0.25, 0.3) is 5.69 Å². The number of nitro groups is 1. The molecule has 3 rings (SSSR count). The van der Waals surface area contributed by atoms with Gasteiger partial charge in [-0.3, -0.25) is 15.1 Å². The summed E-state index contributed by atoms with van der Waals surface area (Å²) < 4.78 is 0. The van der Waals surface area contributed by atoms with Gasteiger partial charge in [0.05, 0.1) is 4.92 Å². The van der Waals surface area contributed by atoms with Crippen LogP contribution in [0, 0.1) is 10.1 Å². The van der Waals surface area contributed by atoms with Crippen molar-refractivity contribution in [3.63, 3.8) is 0 Å². The predicted octanol–water partition coefficient (Wildman–Crippen LogP) is 5.75. The van der Waals surface area contributed by atoms with Crippen molar-refractivity contribution < 1.29 is 4.92 Å². The molecule has 0 unspecified atom stereocenters. The Morgan fingerprint density at radius 1 is 0.963 bits per heavy atom. The molecule has 7 nitrogen and oxygen atoms in total. The second-order valence-corrected chi connectivity index (χ2v) is 5.69. The zero-order chi connectivity index (χ0) is 19.1. The highest BCUT2D eigenvalue weighted by Gasteiger charge is 2.15. The zero-order valence-corrected chi connectivity index (χ0v) is 14.2. The fourth-order valence-corrected chi connectivity index (χ4v) is 2.68. The van der Waals surface area contributed by atoms with Crippen LogP contribution in [0.5, 0.6) is 0 Å². The summed E-state index contributed by atoms with van der Waals surface area (Å²) in [5, 5.41) is 14.6. The van der Waals surface area contributed by atoms with E-state index in [0.29, 0.717) is 5.69 Å². The molecule has 27 heavy (non-hydrogen) atoms. The summed E-state index contributed by atoms with van der Waals surface area (Å²) in [5.41, 5.74) is 11.8. The van der Waals surface area contributed by atoms with Crippen LogP contribution in [0.2, 0.25) is 0 Å². The lowest BCUT2D eigenvalue weighted by Gasteiger charge is -2.15. The highest BCUT2D eigenvalue weighted by molar-refractivity contribution is 5.80. The number of azide groups is 1. The van der Waals surface area contributed by atoms with E-state index in [1.165, 1.54) is 12.1 Å². The third-order valence-electron chi connectivity index (χ3n) is 3.98. The first-order valence-corrected chi connectivity index (χ1v) is 8.15. The first-order chi connectivity index (χ1) is 13.2. The summed E-state index contributed by atoms with van der Waals surface area (Å²) in [6.45, 7) is 0. The summed E-state index contributed by atoms with van der Waals surface area (Å²) in [6.07, 6.45) is 1.66. The van der Waals surface area contributed by atoms with Gasteiger partial charge in [0.1, 0.15) is 6.04 Å². The van der Waals surface area contributed by atoms with E-state index in [9.17, 15) is 10.1 Å². The van der Waals surface area contributed by atoms with E-state index in [0.717, 1.165) is 16.7 Å². The fraction of sp³-hybridized carbons (Fsp3) is 0.0500. The lowest BCUT2D eigenvalue weighted by atomic mass is 9.98. The van der Waals surface area contributed by atoms with E-state index >= 15 is 0 Å². The van der Waals surface area contributed by atoms with Crippen molar-refractivity contribution in [2.75, 3.05) is 0 Å². The van der Waals surface area contributed by atoms with Gasteiger partial charge in [-0.25, -0.2) is 0 Å². The molecule has 0 amide bonds. The molecule has 0 saturated heterocycles. The molecule has 3 aromatic rings. The highest BCUT2D eigenvalue weighted by atomic mass is 16.6. The Kier molecular flexibility index (Phi) is 5.57. The number of non-ortho nitro benzene ring substituents is 1.